The molecule has 15 nitrogen and oxygen atoms in total. The minimum Gasteiger partial charge on any atom is -0.493 e. The van der Waals surface area contributed by atoms with Crippen molar-refractivity contribution in [3.63, 3.8) is 0 Å². The third-order valence-corrected chi connectivity index (χ3v) is 15.9. The van der Waals surface area contributed by atoms with Gasteiger partial charge in [-0.2, -0.15) is 0 Å². The number of benzene rings is 8. The molecule has 2 saturated heterocycles. The number of hydrogen-bond donors (Lipinski definition) is 0. The second-order valence-electron chi connectivity index (χ2n) is 22.7. The van der Waals surface area contributed by atoms with Gasteiger partial charge in [0.1, 0.15) is 54.9 Å². The van der Waals surface area contributed by atoms with Gasteiger partial charge in [-0.3, -0.25) is 4.79 Å². The Bertz CT molecular complexity index is 3340. The van der Waals surface area contributed by atoms with E-state index >= 15 is 0 Å². The van der Waals surface area contributed by atoms with Crippen LogP contribution in [0.1, 0.15) is 51.4 Å². The quantitative estimate of drug-likeness (QED) is 0.0368. The van der Waals surface area contributed by atoms with Gasteiger partial charge in [-0.05, 0) is 50.6 Å². The number of rotatable bonds is 32. The Labute approximate surface area is 533 Å². The van der Waals surface area contributed by atoms with Crippen molar-refractivity contribution in [1.82, 2.24) is 0 Å². The second kappa shape index (κ2) is 34.6. The Hall–Kier alpha value is -7.71. The lowest BCUT2D eigenvalue weighted by molar-refractivity contribution is -0.351. The lowest BCUT2D eigenvalue weighted by Crippen LogP contribution is -2.64. The first kappa shape index (κ1) is 64.8. The first-order chi connectivity index (χ1) is 45.0. The maximum atomic E-state index is 13.5. The van der Waals surface area contributed by atoms with Crippen molar-refractivity contribution < 1.29 is 71.1 Å². The van der Waals surface area contributed by atoms with Gasteiger partial charge in [0.2, 0.25) is 0 Å². The molecule has 91 heavy (non-hydrogen) atoms. The SMILES string of the molecule is CC(=O)O[C@@H]1[C@H](OC[C@H]2OC=C[C@@H](OCc3ccccc3)[C@@H]2OCc2ccccc2)O[C@H](CO[C@@H]2O[C@H](COCc3ccccc3)[C@@H](OCc3ccccc3)[C@H](OCc3ccccc3)[C@H]2OCc2ccccc2)[C@@H](OCc2ccccc2)[C@@H]1OCc1ccccc1. The summed E-state index contributed by atoms with van der Waals surface area (Å²) in [6.45, 7) is 3.02. The number of hydrogen-bond acceptors (Lipinski definition) is 15. The summed E-state index contributed by atoms with van der Waals surface area (Å²) >= 11 is 0. The Balaban J connectivity index is 0.937. The van der Waals surface area contributed by atoms with Gasteiger partial charge in [-0.25, -0.2) is 0 Å². The van der Waals surface area contributed by atoms with Crippen LogP contribution in [0.5, 0.6) is 0 Å². The number of esters is 1. The number of ether oxygens (including phenoxy) is 14. The zero-order chi connectivity index (χ0) is 62.1. The zero-order valence-corrected chi connectivity index (χ0v) is 51.2. The van der Waals surface area contributed by atoms with Gasteiger partial charge in [-0.1, -0.05) is 243 Å². The first-order valence-corrected chi connectivity index (χ1v) is 31.2. The molecule has 15 heteroatoms. The van der Waals surface area contributed by atoms with E-state index in [1.807, 2.05) is 249 Å². The highest BCUT2D eigenvalue weighted by Crippen LogP contribution is 2.36. The molecule has 11 rings (SSSR count). The van der Waals surface area contributed by atoms with E-state index in [0.29, 0.717) is 13.2 Å². The fourth-order valence-corrected chi connectivity index (χ4v) is 11.3. The fraction of sp³-hybridized carbons (Fsp3) is 0.329. The summed E-state index contributed by atoms with van der Waals surface area (Å²) < 4.78 is 96.1. The van der Waals surface area contributed by atoms with Crippen LogP contribution >= 0.6 is 0 Å². The molecule has 0 aromatic heterocycles. The Morgan fingerprint density at radius 2 is 0.604 bits per heavy atom. The van der Waals surface area contributed by atoms with Crippen LogP contribution in [0.15, 0.2) is 255 Å². The maximum Gasteiger partial charge on any atom is 0.303 e. The third-order valence-electron chi connectivity index (χ3n) is 15.9. The third kappa shape index (κ3) is 19.4. The first-order valence-electron chi connectivity index (χ1n) is 31.2. The Morgan fingerprint density at radius 3 is 0.989 bits per heavy atom. The molecule has 3 aliphatic heterocycles. The molecule has 0 radical (unpaired) electrons. The summed E-state index contributed by atoms with van der Waals surface area (Å²) in [7, 11) is 0. The molecular weight excluding hydrogens is 1150 g/mol. The normalized spacial score (nSPS) is 24.7. The molecule has 0 N–H and O–H groups in total. The van der Waals surface area contributed by atoms with E-state index in [-0.39, 0.29) is 59.5 Å². The van der Waals surface area contributed by atoms with Gasteiger partial charge in [0.05, 0.1) is 78.9 Å². The molecule has 8 aromatic carbocycles. The van der Waals surface area contributed by atoms with Crippen molar-refractivity contribution in [2.45, 2.75) is 140 Å². The zero-order valence-electron chi connectivity index (χ0n) is 51.2. The molecule has 2 fully saturated rings. The average molecular weight is 1230 g/mol. The van der Waals surface area contributed by atoms with Gasteiger partial charge < -0.3 is 66.3 Å². The number of carbonyl (C=O) groups is 1. The van der Waals surface area contributed by atoms with Crippen LogP contribution in [0, 0.1) is 0 Å². The lowest BCUT2D eigenvalue weighted by Gasteiger charge is -2.48. The summed E-state index contributed by atoms with van der Waals surface area (Å²) in [6, 6.07) is 79.3. The summed E-state index contributed by atoms with van der Waals surface area (Å²) in [4.78, 5) is 13.5. The van der Waals surface area contributed by atoms with Crippen molar-refractivity contribution >= 4 is 5.97 Å². The van der Waals surface area contributed by atoms with Gasteiger partial charge >= 0.3 is 5.97 Å². The smallest absolute Gasteiger partial charge is 0.303 e. The lowest BCUT2D eigenvalue weighted by atomic mass is 9.96. The van der Waals surface area contributed by atoms with Gasteiger partial charge in [0.15, 0.2) is 24.8 Å². The van der Waals surface area contributed by atoms with E-state index in [9.17, 15) is 4.79 Å². The molecule has 13 atom stereocenters. The molecule has 0 bridgehead atoms. The van der Waals surface area contributed by atoms with Gasteiger partial charge in [-0.15, -0.1) is 0 Å². The molecule has 0 saturated carbocycles. The fourth-order valence-electron chi connectivity index (χ4n) is 11.3. The molecule has 0 spiro atoms. The highest BCUT2D eigenvalue weighted by Gasteiger charge is 2.53. The molecule has 0 amide bonds. The predicted octanol–water partition coefficient (Wildman–Crippen LogP) is 12.6. The Morgan fingerprint density at radius 1 is 0.308 bits per heavy atom. The summed E-state index contributed by atoms with van der Waals surface area (Å²) in [5, 5.41) is 0. The predicted molar refractivity (Wildman–Crippen MR) is 340 cm³/mol. The second-order valence-corrected chi connectivity index (χ2v) is 22.7. The largest absolute Gasteiger partial charge is 0.493 e. The summed E-state index contributed by atoms with van der Waals surface area (Å²) in [5.74, 6) is -0.581. The van der Waals surface area contributed by atoms with Crippen molar-refractivity contribution in [3.8, 4) is 0 Å². The van der Waals surface area contributed by atoms with E-state index in [4.69, 9.17) is 66.3 Å². The minimum atomic E-state index is -1.28. The van der Waals surface area contributed by atoms with Crippen LogP contribution < -0.4 is 0 Å². The molecule has 3 heterocycles. The topological polar surface area (TPSA) is 146 Å². The van der Waals surface area contributed by atoms with E-state index in [1.54, 1.807) is 6.26 Å². The van der Waals surface area contributed by atoms with Crippen molar-refractivity contribution in [2.24, 2.45) is 0 Å². The minimum absolute atomic E-state index is 0.0947. The molecule has 0 aliphatic carbocycles. The van der Waals surface area contributed by atoms with E-state index in [0.717, 1.165) is 44.5 Å². The average Bonchev–Trinajstić information content (AvgIpc) is 3.47. The van der Waals surface area contributed by atoms with Crippen molar-refractivity contribution in [2.75, 3.05) is 19.8 Å². The molecule has 474 valence electrons. The van der Waals surface area contributed by atoms with E-state index in [1.165, 1.54) is 6.92 Å². The van der Waals surface area contributed by atoms with Crippen molar-refractivity contribution in [1.29, 1.82) is 0 Å². The monoisotopic (exact) mass is 1230 g/mol. The molecular formula is C76H80O15. The summed E-state index contributed by atoms with van der Waals surface area (Å²) in [5.41, 5.74) is 7.59. The summed E-state index contributed by atoms with van der Waals surface area (Å²) in [6.07, 6.45) is -8.17. The molecule has 3 aliphatic rings. The highest BCUT2D eigenvalue weighted by atomic mass is 16.8. The van der Waals surface area contributed by atoms with Crippen LogP contribution in [0.4, 0.5) is 0 Å². The van der Waals surface area contributed by atoms with Gasteiger partial charge in [0, 0.05) is 6.92 Å². The van der Waals surface area contributed by atoms with E-state index < -0.39 is 85.7 Å². The van der Waals surface area contributed by atoms with Crippen LogP contribution in [-0.2, 0) is 124 Å². The van der Waals surface area contributed by atoms with Crippen molar-refractivity contribution in [3.05, 3.63) is 300 Å². The molecule has 8 aromatic rings. The van der Waals surface area contributed by atoms with Crippen LogP contribution in [-0.4, -0.2) is 106 Å². The van der Waals surface area contributed by atoms with E-state index in [2.05, 4.69) is 0 Å². The van der Waals surface area contributed by atoms with Crippen LogP contribution in [0.25, 0.3) is 0 Å². The van der Waals surface area contributed by atoms with Crippen LogP contribution in [0.2, 0.25) is 0 Å². The Kier molecular flexibility index (Phi) is 24.7. The highest BCUT2D eigenvalue weighted by molar-refractivity contribution is 5.66. The maximum absolute atomic E-state index is 13.5. The molecule has 0 unspecified atom stereocenters. The van der Waals surface area contributed by atoms with Gasteiger partial charge in [0.25, 0.3) is 0 Å². The number of carbonyl (C=O) groups excluding carboxylic acids is 1. The standard InChI is InChI=1S/C76H80O15/c1-55(77)89-74-72(85-50-62-38-22-8-23-39-62)70(83-48-60-34-18-6-19-35-60)67(91-76(74)87-53-65-68(81-46-58-30-14-4-15-31-58)64(42-43-79-65)80-45-57-28-12-3-13-29-57)54-88-75-73(86-51-63-40-24-9-25-41-63)71(84-49-61-36-20-7-21-37-61)69(82-47-59-32-16-5-17-33-59)66(90-75)52-78-44-56-26-10-2-11-27-56/h2-43,64-76H,44-54H2,1H3/t64-,65-,66-,67-,68+,69-,70-,71+,72+,73-,74+,75-,76-/m1/s1. The van der Waals surface area contributed by atoms with Crippen LogP contribution in [0.3, 0.4) is 0 Å².